The molecule has 0 radical (unpaired) electrons. The third kappa shape index (κ3) is 4.21. The molecule has 1 rings (SSSR count). The summed E-state index contributed by atoms with van der Waals surface area (Å²) >= 11 is 0. The van der Waals surface area contributed by atoms with E-state index in [-0.39, 0.29) is 36.4 Å². The zero-order chi connectivity index (χ0) is 15.8. The number of phenols is 1. The Morgan fingerprint density at radius 1 is 1.24 bits per heavy atom. The molecule has 0 spiro atoms. The third-order valence-corrected chi connectivity index (χ3v) is 2.69. The fourth-order valence-corrected chi connectivity index (χ4v) is 1.83. The molecule has 0 aliphatic rings. The first-order valence-corrected chi connectivity index (χ1v) is 6.30. The predicted molar refractivity (Wildman–Crippen MR) is 77.0 cm³/mol. The van der Waals surface area contributed by atoms with Crippen molar-refractivity contribution in [3.05, 3.63) is 29.8 Å². The van der Waals surface area contributed by atoms with Gasteiger partial charge in [-0.25, -0.2) is 0 Å². The lowest BCUT2D eigenvalue weighted by atomic mass is 10.0. The maximum atomic E-state index is 11.8. The van der Waals surface area contributed by atoms with Crippen molar-refractivity contribution in [2.24, 2.45) is 0 Å². The van der Waals surface area contributed by atoms with Gasteiger partial charge in [0.05, 0.1) is 0 Å². The van der Waals surface area contributed by atoms with Gasteiger partial charge in [-0.15, -0.1) is 6.58 Å². The average molecular weight is 296 g/mol. The summed E-state index contributed by atoms with van der Waals surface area (Å²) in [5.41, 5.74) is 0.547. The summed E-state index contributed by atoms with van der Waals surface area (Å²) in [5.74, 6) is 0.0652. The Bertz CT molecular complexity index is 509. The summed E-state index contributed by atoms with van der Waals surface area (Å²) in [5, 5.41) is 10.3. The fourth-order valence-electron chi connectivity index (χ4n) is 1.83. The Hall–Kier alpha value is -2.05. The van der Waals surface area contributed by atoms with Crippen LogP contribution in [0.1, 0.15) is 22.8 Å². The minimum absolute atomic E-state index is 0.00667. The van der Waals surface area contributed by atoms with Crippen LogP contribution >= 0.6 is 0 Å². The summed E-state index contributed by atoms with van der Waals surface area (Å²) in [6.45, 7) is 4.94. The SMILES string of the molecule is C=CCc1c(OCOC)cc(OCOC)c(C(C)=O)c1O. The highest BCUT2D eigenvalue weighted by Crippen LogP contribution is 2.39. The van der Waals surface area contributed by atoms with Gasteiger partial charge in [0.1, 0.15) is 22.8 Å². The summed E-state index contributed by atoms with van der Waals surface area (Å²) in [7, 11) is 2.95. The maximum absolute atomic E-state index is 11.8. The molecule has 0 atom stereocenters. The first-order chi connectivity index (χ1) is 10.1. The molecule has 1 aromatic carbocycles. The van der Waals surface area contributed by atoms with Crippen molar-refractivity contribution in [2.75, 3.05) is 27.8 Å². The van der Waals surface area contributed by atoms with Crippen LogP contribution in [0.4, 0.5) is 0 Å². The van der Waals surface area contributed by atoms with Gasteiger partial charge < -0.3 is 24.1 Å². The summed E-state index contributed by atoms with van der Waals surface area (Å²) in [6, 6.07) is 1.54. The molecule has 0 saturated carbocycles. The molecule has 0 aromatic heterocycles. The van der Waals surface area contributed by atoms with Crippen LogP contribution in [-0.2, 0) is 15.9 Å². The molecule has 0 aliphatic heterocycles. The molecular weight excluding hydrogens is 276 g/mol. The number of aromatic hydroxyl groups is 1. The van der Waals surface area contributed by atoms with Crippen LogP contribution in [0.5, 0.6) is 17.2 Å². The molecule has 1 aromatic rings. The summed E-state index contributed by atoms with van der Waals surface area (Å²) in [4.78, 5) is 11.8. The Kier molecular flexibility index (Phi) is 6.71. The molecular formula is C15H20O6. The van der Waals surface area contributed by atoms with Crippen molar-refractivity contribution in [3.63, 3.8) is 0 Å². The van der Waals surface area contributed by atoms with E-state index in [2.05, 4.69) is 6.58 Å². The molecule has 21 heavy (non-hydrogen) atoms. The molecule has 0 saturated heterocycles. The molecule has 0 unspecified atom stereocenters. The first-order valence-electron chi connectivity index (χ1n) is 6.30. The highest BCUT2D eigenvalue weighted by Gasteiger charge is 2.22. The van der Waals surface area contributed by atoms with E-state index in [9.17, 15) is 9.90 Å². The Morgan fingerprint density at radius 2 is 1.81 bits per heavy atom. The monoisotopic (exact) mass is 296 g/mol. The van der Waals surface area contributed by atoms with Gasteiger partial charge in [-0.1, -0.05) is 6.08 Å². The minimum atomic E-state index is -0.317. The van der Waals surface area contributed by atoms with E-state index in [1.807, 2.05) is 0 Å². The Morgan fingerprint density at radius 3 is 2.29 bits per heavy atom. The van der Waals surface area contributed by atoms with Crippen LogP contribution in [0.2, 0.25) is 0 Å². The number of methoxy groups -OCH3 is 2. The third-order valence-electron chi connectivity index (χ3n) is 2.69. The second-order valence-corrected chi connectivity index (χ2v) is 4.23. The van der Waals surface area contributed by atoms with Crippen LogP contribution in [0.25, 0.3) is 0 Å². The van der Waals surface area contributed by atoms with Crippen LogP contribution in [0.15, 0.2) is 18.7 Å². The van der Waals surface area contributed by atoms with E-state index in [4.69, 9.17) is 18.9 Å². The lowest BCUT2D eigenvalue weighted by Gasteiger charge is -2.17. The van der Waals surface area contributed by atoms with E-state index >= 15 is 0 Å². The molecule has 0 bridgehead atoms. The predicted octanol–water partition coefficient (Wildman–Crippen LogP) is 2.29. The number of allylic oxidation sites excluding steroid dienone is 1. The van der Waals surface area contributed by atoms with Crippen LogP contribution in [0.3, 0.4) is 0 Å². The van der Waals surface area contributed by atoms with Crippen molar-refractivity contribution in [2.45, 2.75) is 13.3 Å². The molecule has 0 fully saturated rings. The van der Waals surface area contributed by atoms with Crippen LogP contribution in [0, 0.1) is 0 Å². The van der Waals surface area contributed by atoms with Gasteiger partial charge in [-0.2, -0.15) is 0 Å². The largest absolute Gasteiger partial charge is 0.507 e. The average Bonchev–Trinajstić information content (AvgIpc) is 2.45. The number of benzene rings is 1. The lowest BCUT2D eigenvalue weighted by molar-refractivity contribution is 0.0448. The first kappa shape index (κ1) is 17.0. The van der Waals surface area contributed by atoms with Crippen LogP contribution < -0.4 is 9.47 Å². The molecule has 116 valence electrons. The van der Waals surface area contributed by atoms with Crippen molar-refractivity contribution in [1.82, 2.24) is 0 Å². The summed E-state index contributed by atoms with van der Waals surface area (Å²) in [6.07, 6.45) is 1.95. The number of carbonyl (C=O) groups is 1. The number of hydrogen-bond acceptors (Lipinski definition) is 6. The summed E-state index contributed by atoms with van der Waals surface area (Å²) < 4.78 is 20.4. The fraction of sp³-hybridized carbons (Fsp3) is 0.400. The number of ether oxygens (including phenoxy) is 4. The van der Waals surface area contributed by atoms with Gasteiger partial charge >= 0.3 is 0 Å². The van der Waals surface area contributed by atoms with Crippen molar-refractivity contribution in [3.8, 4) is 17.2 Å². The maximum Gasteiger partial charge on any atom is 0.188 e. The zero-order valence-electron chi connectivity index (χ0n) is 12.5. The van der Waals surface area contributed by atoms with E-state index in [0.29, 0.717) is 17.7 Å². The standard InChI is InChI=1S/C15H20O6/c1-5-6-11-12(20-8-18-3)7-13(21-9-19-4)14(10(2)16)15(11)17/h5,7,17H,1,6,8-9H2,2-4H3. The van der Waals surface area contributed by atoms with Gasteiger partial charge in [-0.3, -0.25) is 4.79 Å². The quantitative estimate of drug-likeness (QED) is 0.428. The number of carbonyl (C=O) groups excluding carboxylic acids is 1. The molecule has 0 heterocycles. The Labute approximate surface area is 123 Å². The highest BCUT2D eigenvalue weighted by molar-refractivity contribution is 6.00. The van der Waals surface area contributed by atoms with Crippen molar-refractivity contribution >= 4 is 5.78 Å². The Balaban J connectivity index is 3.37. The number of Topliss-reactive ketones (excluding diaryl/α,β-unsaturated/α-hetero) is 1. The van der Waals surface area contributed by atoms with Gasteiger partial charge in [0.15, 0.2) is 19.4 Å². The van der Waals surface area contributed by atoms with Crippen molar-refractivity contribution < 1.29 is 28.8 Å². The van der Waals surface area contributed by atoms with E-state index in [1.165, 1.54) is 27.2 Å². The minimum Gasteiger partial charge on any atom is -0.507 e. The van der Waals surface area contributed by atoms with Crippen molar-refractivity contribution in [1.29, 1.82) is 0 Å². The van der Waals surface area contributed by atoms with E-state index < -0.39 is 0 Å². The number of hydrogen-bond donors (Lipinski definition) is 1. The van der Waals surface area contributed by atoms with Gasteiger partial charge in [0, 0.05) is 25.8 Å². The van der Waals surface area contributed by atoms with Gasteiger partial charge in [0.25, 0.3) is 0 Å². The molecule has 0 amide bonds. The topological polar surface area (TPSA) is 74.2 Å². The van der Waals surface area contributed by atoms with Gasteiger partial charge in [0.2, 0.25) is 0 Å². The molecule has 0 aliphatic carbocycles. The lowest BCUT2D eigenvalue weighted by Crippen LogP contribution is -2.08. The molecule has 1 N–H and O–H groups in total. The number of phenolic OH excluding ortho intramolecular Hbond substituents is 1. The van der Waals surface area contributed by atoms with E-state index in [0.717, 1.165) is 0 Å². The number of ketones is 1. The molecule has 6 nitrogen and oxygen atoms in total. The van der Waals surface area contributed by atoms with Crippen LogP contribution in [-0.4, -0.2) is 38.7 Å². The van der Waals surface area contributed by atoms with Gasteiger partial charge in [-0.05, 0) is 13.3 Å². The molecule has 6 heteroatoms. The smallest absolute Gasteiger partial charge is 0.188 e. The normalized spacial score (nSPS) is 10.2. The second kappa shape index (κ2) is 8.28. The second-order valence-electron chi connectivity index (χ2n) is 4.23. The number of rotatable bonds is 9. The zero-order valence-corrected chi connectivity index (χ0v) is 12.5. The van der Waals surface area contributed by atoms with E-state index in [1.54, 1.807) is 6.08 Å². The highest BCUT2D eigenvalue weighted by atomic mass is 16.7.